The monoisotopic (exact) mass is 186 g/mol. The molecule has 2 saturated heterocycles. The average Bonchev–Trinajstić information content (AvgIpc) is 2.71. The number of hydrogen-bond acceptors (Lipinski definition) is 4. The Hall–Kier alpha value is -0.450. The van der Waals surface area contributed by atoms with Crippen LogP contribution in [0.5, 0.6) is 0 Å². The summed E-state index contributed by atoms with van der Waals surface area (Å²) in [6.45, 7) is 5.77. The van der Waals surface area contributed by atoms with Crippen LogP contribution in [0.2, 0.25) is 0 Å². The molecule has 0 saturated carbocycles. The predicted octanol–water partition coefficient (Wildman–Crippen LogP) is 0.494. The summed E-state index contributed by atoms with van der Waals surface area (Å²) in [7, 11) is 0. The zero-order valence-corrected chi connectivity index (χ0v) is 8.07. The molecule has 2 aliphatic rings. The number of ketones is 1. The first-order valence-electron chi connectivity index (χ1n) is 4.47. The fourth-order valence-electron chi connectivity index (χ4n) is 1.61. The Balaban J connectivity index is 1.89. The summed E-state index contributed by atoms with van der Waals surface area (Å²) in [5.41, 5.74) is 0. The molecule has 0 unspecified atom stereocenters. The van der Waals surface area contributed by atoms with Gasteiger partial charge in [0.2, 0.25) is 0 Å². The van der Waals surface area contributed by atoms with Gasteiger partial charge in [0.1, 0.15) is 18.3 Å². The first kappa shape index (κ1) is 9.12. The van der Waals surface area contributed by atoms with Crippen molar-refractivity contribution in [3.63, 3.8) is 0 Å². The molecule has 0 aromatic rings. The summed E-state index contributed by atoms with van der Waals surface area (Å²) in [5.74, 6) is -0.462. The predicted molar refractivity (Wildman–Crippen MR) is 44.2 cm³/mol. The van der Waals surface area contributed by atoms with Crippen LogP contribution in [0, 0.1) is 0 Å². The number of carbonyl (C=O) groups excluding carboxylic acids is 1. The molecule has 2 aliphatic heterocycles. The smallest absolute Gasteiger partial charge is 0.163 e. The van der Waals surface area contributed by atoms with Crippen LogP contribution in [0.3, 0.4) is 0 Å². The lowest BCUT2D eigenvalue weighted by Crippen LogP contribution is -2.26. The van der Waals surface area contributed by atoms with Gasteiger partial charge in [-0.25, -0.2) is 0 Å². The van der Waals surface area contributed by atoms with Crippen molar-refractivity contribution in [1.29, 1.82) is 0 Å². The van der Waals surface area contributed by atoms with Gasteiger partial charge < -0.3 is 14.2 Å². The molecular formula is C9H14O4. The van der Waals surface area contributed by atoms with Crippen LogP contribution in [-0.4, -0.2) is 36.5 Å². The van der Waals surface area contributed by atoms with Crippen LogP contribution in [0.1, 0.15) is 20.8 Å². The third-order valence-corrected chi connectivity index (χ3v) is 2.32. The van der Waals surface area contributed by atoms with E-state index in [2.05, 4.69) is 0 Å². The van der Waals surface area contributed by atoms with Crippen LogP contribution in [0.4, 0.5) is 0 Å². The molecule has 0 bridgehead atoms. The van der Waals surface area contributed by atoms with E-state index in [1.807, 2.05) is 13.8 Å². The Labute approximate surface area is 77.1 Å². The lowest BCUT2D eigenvalue weighted by atomic mass is 10.1. The SMILES string of the molecule is CC(=O)[C@H]1O[C@@H]1[C@H]1COC(C)(C)O1. The minimum absolute atomic E-state index is 0.0679. The summed E-state index contributed by atoms with van der Waals surface area (Å²) in [6, 6.07) is 0. The maximum Gasteiger partial charge on any atom is 0.163 e. The summed E-state index contributed by atoms with van der Waals surface area (Å²) in [5, 5.41) is 0. The van der Waals surface area contributed by atoms with Crippen LogP contribution in [0.25, 0.3) is 0 Å². The van der Waals surface area contributed by atoms with Gasteiger partial charge in [0.15, 0.2) is 11.6 Å². The second-order valence-electron chi connectivity index (χ2n) is 4.00. The highest BCUT2D eigenvalue weighted by atomic mass is 16.8. The molecule has 0 N–H and O–H groups in total. The van der Waals surface area contributed by atoms with Crippen molar-refractivity contribution >= 4 is 5.78 Å². The quantitative estimate of drug-likeness (QED) is 0.589. The Morgan fingerprint density at radius 3 is 2.54 bits per heavy atom. The molecule has 0 aromatic carbocycles. The maximum atomic E-state index is 10.9. The largest absolute Gasteiger partial charge is 0.358 e. The van der Waals surface area contributed by atoms with Gasteiger partial charge in [-0.1, -0.05) is 0 Å². The van der Waals surface area contributed by atoms with Gasteiger partial charge in [-0.15, -0.1) is 0 Å². The molecular weight excluding hydrogens is 172 g/mol. The fraction of sp³-hybridized carbons (Fsp3) is 0.889. The van der Waals surface area contributed by atoms with E-state index in [1.165, 1.54) is 6.92 Å². The van der Waals surface area contributed by atoms with E-state index in [0.29, 0.717) is 6.61 Å². The summed E-state index contributed by atoms with van der Waals surface area (Å²) < 4.78 is 16.1. The normalized spacial score (nSPS) is 41.9. The van der Waals surface area contributed by atoms with E-state index < -0.39 is 5.79 Å². The van der Waals surface area contributed by atoms with E-state index in [4.69, 9.17) is 14.2 Å². The summed E-state index contributed by atoms with van der Waals surface area (Å²) in [6.07, 6.45) is -0.425. The Bertz CT molecular complexity index is 236. The van der Waals surface area contributed by atoms with Gasteiger partial charge in [-0.3, -0.25) is 4.79 Å². The molecule has 0 spiro atoms. The molecule has 0 amide bonds. The van der Waals surface area contributed by atoms with Crippen LogP contribution < -0.4 is 0 Å². The van der Waals surface area contributed by atoms with Crippen LogP contribution >= 0.6 is 0 Å². The van der Waals surface area contributed by atoms with Gasteiger partial charge in [0.25, 0.3) is 0 Å². The number of rotatable bonds is 2. The minimum atomic E-state index is -0.530. The molecule has 3 atom stereocenters. The van der Waals surface area contributed by atoms with Crippen molar-refractivity contribution in [2.24, 2.45) is 0 Å². The highest BCUT2D eigenvalue weighted by Gasteiger charge is 2.52. The van der Waals surface area contributed by atoms with Crippen molar-refractivity contribution in [2.45, 2.75) is 44.9 Å². The molecule has 2 rings (SSSR count). The molecule has 13 heavy (non-hydrogen) atoms. The van der Waals surface area contributed by atoms with Crippen LogP contribution in [-0.2, 0) is 19.0 Å². The van der Waals surface area contributed by atoms with Crippen molar-refractivity contribution in [1.82, 2.24) is 0 Å². The maximum absolute atomic E-state index is 10.9. The zero-order valence-electron chi connectivity index (χ0n) is 8.07. The van der Waals surface area contributed by atoms with E-state index in [0.717, 1.165) is 0 Å². The Kier molecular flexibility index (Phi) is 1.94. The summed E-state index contributed by atoms with van der Waals surface area (Å²) in [4.78, 5) is 10.9. The topological polar surface area (TPSA) is 48.1 Å². The van der Waals surface area contributed by atoms with Gasteiger partial charge in [-0.2, -0.15) is 0 Å². The number of hydrogen-bond donors (Lipinski definition) is 0. The van der Waals surface area contributed by atoms with E-state index in [9.17, 15) is 4.79 Å². The van der Waals surface area contributed by atoms with Gasteiger partial charge in [-0.05, 0) is 20.8 Å². The first-order valence-corrected chi connectivity index (χ1v) is 4.47. The second-order valence-corrected chi connectivity index (χ2v) is 4.00. The molecule has 4 nitrogen and oxygen atoms in total. The standard InChI is InChI=1S/C9H14O4/c1-5(10)7-8(12-7)6-4-11-9(2,3)13-6/h6-8H,4H2,1-3H3/t6-,7-,8-/m1/s1. The summed E-state index contributed by atoms with van der Waals surface area (Å²) >= 11 is 0. The van der Waals surface area contributed by atoms with Gasteiger partial charge in [0, 0.05) is 0 Å². The zero-order chi connectivity index (χ0) is 9.64. The number of ether oxygens (including phenoxy) is 3. The van der Waals surface area contributed by atoms with Crippen LogP contribution in [0.15, 0.2) is 0 Å². The second kappa shape index (κ2) is 2.77. The third-order valence-electron chi connectivity index (χ3n) is 2.32. The van der Waals surface area contributed by atoms with Gasteiger partial charge >= 0.3 is 0 Å². The highest BCUT2D eigenvalue weighted by Crippen LogP contribution is 2.34. The fourth-order valence-corrected chi connectivity index (χ4v) is 1.61. The number of carbonyl (C=O) groups is 1. The van der Waals surface area contributed by atoms with E-state index in [1.54, 1.807) is 0 Å². The minimum Gasteiger partial charge on any atom is -0.358 e. The molecule has 0 radical (unpaired) electrons. The number of epoxide rings is 1. The molecule has 0 aliphatic carbocycles. The first-order chi connectivity index (χ1) is 5.99. The molecule has 2 heterocycles. The average molecular weight is 186 g/mol. The Morgan fingerprint density at radius 1 is 1.46 bits per heavy atom. The lowest BCUT2D eigenvalue weighted by Gasteiger charge is -2.16. The molecule has 74 valence electrons. The number of Topliss-reactive ketones (excluding diaryl/α,β-unsaturated/α-hetero) is 1. The molecule has 2 fully saturated rings. The molecule has 0 aromatic heterocycles. The van der Waals surface area contributed by atoms with Crippen molar-refractivity contribution in [3.8, 4) is 0 Å². The highest BCUT2D eigenvalue weighted by molar-refractivity contribution is 5.83. The van der Waals surface area contributed by atoms with Crippen molar-refractivity contribution in [2.75, 3.05) is 6.61 Å². The third kappa shape index (κ3) is 1.75. The lowest BCUT2D eigenvalue weighted by molar-refractivity contribution is -0.140. The van der Waals surface area contributed by atoms with E-state index in [-0.39, 0.29) is 24.1 Å². The van der Waals surface area contributed by atoms with E-state index >= 15 is 0 Å². The van der Waals surface area contributed by atoms with Crippen molar-refractivity contribution in [3.05, 3.63) is 0 Å². The van der Waals surface area contributed by atoms with Crippen molar-refractivity contribution < 1.29 is 19.0 Å². The Morgan fingerprint density at radius 2 is 2.15 bits per heavy atom. The molecule has 4 heteroatoms. The van der Waals surface area contributed by atoms with Gasteiger partial charge in [0.05, 0.1) is 6.61 Å².